The minimum absolute atomic E-state index is 0.329. The van der Waals surface area contributed by atoms with Gasteiger partial charge >= 0.3 is 7.12 Å². The maximum Gasteiger partial charge on any atom is 0.494 e. The molecule has 0 radical (unpaired) electrons. The highest BCUT2D eigenvalue weighted by Crippen LogP contribution is 2.36. The largest absolute Gasteiger partial charge is 0.494 e. The highest BCUT2D eigenvalue weighted by Gasteiger charge is 2.51. The lowest BCUT2D eigenvalue weighted by Crippen LogP contribution is -2.41. The van der Waals surface area contributed by atoms with Crippen molar-refractivity contribution in [2.24, 2.45) is 0 Å². The molecule has 2 aromatic rings. The van der Waals surface area contributed by atoms with Gasteiger partial charge in [-0.15, -0.1) is 0 Å². The molecule has 0 atom stereocenters. The molecule has 2 saturated heterocycles. The van der Waals surface area contributed by atoms with E-state index < -0.39 is 0 Å². The molecule has 1 aromatic heterocycles. The molecule has 2 aliphatic rings. The molecule has 2 aliphatic heterocycles. The molecule has 0 spiro atoms. The van der Waals surface area contributed by atoms with Crippen LogP contribution < -0.4 is 5.46 Å². The summed E-state index contributed by atoms with van der Waals surface area (Å²) in [5, 5.41) is 0. The molecule has 0 saturated carbocycles. The number of aromatic nitrogens is 2. The summed E-state index contributed by atoms with van der Waals surface area (Å²) in [7, 11) is -0.345. The third-order valence-corrected chi connectivity index (χ3v) is 5.93. The number of benzene rings is 1. The summed E-state index contributed by atoms with van der Waals surface area (Å²) in [6, 6.07) is 6.31. The molecular weight excluding hydrogens is 329 g/mol. The van der Waals surface area contributed by atoms with E-state index in [0.29, 0.717) is 0 Å². The second-order valence-corrected chi connectivity index (χ2v) is 8.23. The molecule has 6 nitrogen and oxygen atoms in total. The van der Waals surface area contributed by atoms with Gasteiger partial charge in [-0.2, -0.15) is 0 Å². The van der Waals surface area contributed by atoms with Crippen molar-refractivity contribution >= 4 is 23.6 Å². The number of ether oxygens (including phenoxy) is 1. The number of hydrogen-bond acceptors (Lipinski definition) is 5. The molecule has 0 amide bonds. The predicted octanol–water partition coefficient (Wildman–Crippen LogP) is 1.67. The lowest BCUT2D eigenvalue weighted by molar-refractivity contribution is 0.00578. The van der Waals surface area contributed by atoms with Crippen molar-refractivity contribution in [3.8, 4) is 0 Å². The highest BCUT2D eigenvalue weighted by atomic mass is 16.7. The number of nitrogens with zero attached hydrogens (tertiary/aromatic N) is 3. The third kappa shape index (κ3) is 3.29. The highest BCUT2D eigenvalue weighted by molar-refractivity contribution is 6.62. The zero-order valence-electron chi connectivity index (χ0n) is 16.2. The normalized spacial score (nSPS) is 23.0. The summed E-state index contributed by atoms with van der Waals surface area (Å²) in [4.78, 5) is 7.03. The van der Waals surface area contributed by atoms with Crippen LogP contribution in [0.1, 0.15) is 27.7 Å². The number of rotatable bonds is 4. The summed E-state index contributed by atoms with van der Waals surface area (Å²) in [6.07, 6.45) is 1.93. The van der Waals surface area contributed by atoms with Gasteiger partial charge in [0.05, 0.1) is 41.8 Å². The van der Waals surface area contributed by atoms with Crippen molar-refractivity contribution in [1.82, 2.24) is 14.5 Å². The van der Waals surface area contributed by atoms with E-state index in [0.717, 1.165) is 55.9 Å². The van der Waals surface area contributed by atoms with E-state index in [2.05, 4.69) is 60.3 Å². The van der Waals surface area contributed by atoms with Crippen LogP contribution in [0.3, 0.4) is 0 Å². The summed E-state index contributed by atoms with van der Waals surface area (Å²) >= 11 is 0. The molecule has 1 aromatic carbocycles. The van der Waals surface area contributed by atoms with E-state index in [1.807, 2.05) is 6.33 Å². The van der Waals surface area contributed by atoms with Crippen molar-refractivity contribution in [3.05, 3.63) is 24.5 Å². The average molecular weight is 357 g/mol. The van der Waals surface area contributed by atoms with E-state index >= 15 is 0 Å². The summed E-state index contributed by atoms with van der Waals surface area (Å²) in [6.45, 7) is 14.0. The van der Waals surface area contributed by atoms with Crippen LogP contribution in [-0.4, -0.2) is 65.6 Å². The van der Waals surface area contributed by atoms with Gasteiger partial charge in [0.25, 0.3) is 0 Å². The van der Waals surface area contributed by atoms with E-state index in [9.17, 15) is 0 Å². The Morgan fingerprint density at radius 2 is 1.73 bits per heavy atom. The summed E-state index contributed by atoms with van der Waals surface area (Å²) in [5.41, 5.74) is 2.50. The van der Waals surface area contributed by atoms with E-state index in [1.165, 1.54) is 0 Å². The van der Waals surface area contributed by atoms with Gasteiger partial charge in [0, 0.05) is 26.2 Å². The van der Waals surface area contributed by atoms with Crippen molar-refractivity contribution in [2.45, 2.75) is 45.4 Å². The van der Waals surface area contributed by atoms with Crippen molar-refractivity contribution in [3.63, 3.8) is 0 Å². The Labute approximate surface area is 155 Å². The van der Waals surface area contributed by atoms with Gasteiger partial charge in [0.1, 0.15) is 0 Å². The van der Waals surface area contributed by atoms with Crippen molar-refractivity contribution in [1.29, 1.82) is 0 Å². The lowest BCUT2D eigenvalue weighted by Gasteiger charge is -2.32. The van der Waals surface area contributed by atoms with Crippen LogP contribution >= 0.6 is 0 Å². The molecule has 3 heterocycles. The fourth-order valence-corrected chi connectivity index (χ4v) is 3.46. The molecule has 0 bridgehead atoms. The first-order valence-electron chi connectivity index (χ1n) is 9.46. The maximum atomic E-state index is 6.16. The Balaban J connectivity index is 1.49. The van der Waals surface area contributed by atoms with E-state index in [4.69, 9.17) is 14.0 Å². The predicted molar refractivity (Wildman–Crippen MR) is 103 cm³/mol. The minimum atomic E-state index is -0.345. The van der Waals surface area contributed by atoms with Crippen LogP contribution in [0.15, 0.2) is 24.5 Å². The van der Waals surface area contributed by atoms with Crippen LogP contribution in [0.2, 0.25) is 0 Å². The van der Waals surface area contributed by atoms with Crippen LogP contribution in [0.5, 0.6) is 0 Å². The lowest BCUT2D eigenvalue weighted by atomic mass is 9.79. The van der Waals surface area contributed by atoms with Crippen molar-refractivity contribution < 1.29 is 14.0 Å². The Morgan fingerprint density at radius 1 is 1.04 bits per heavy atom. The maximum absolute atomic E-state index is 6.16. The second kappa shape index (κ2) is 6.64. The first-order valence-corrected chi connectivity index (χ1v) is 9.46. The van der Waals surface area contributed by atoms with E-state index in [1.54, 1.807) is 0 Å². The van der Waals surface area contributed by atoms with Gasteiger partial charge in [-0.1, -0.05) is 6.07 Å². The first kappa shape index (κ1) is 18.0. The average Bonchev–Trinajstić information content (AvgIpc) is 3.11. The van der Waals surface area contributed by atoms with Gasteiger partial charge in [0.15, 0.2) is 0 Å². The Kier molecular flexibility index (Phi) is 4.59. The topological polar surface area (TPSA) is 48.8 Å². The Hall–Kier alpha value is -1.41. The monoisotopic (exact) mass is 357 g/mol. The fraction of sp³-hybridized carbons (Fsp3) is 0.632. The Bertz CT molecular complexity index is 767. The zero-order chi connectivity index (χ0) is 18.4. The minimum Gasteiger partial charge on any atom is -0.399 e. The smallest absolute Gasteiger partial charge is 0.399 e. The van der Waals surface area contributed by atoms with Gasteiger partial charge < -0.3 is 18.6 Å². The zero-order valence-corrected chi connectivity index (χ0v) is 16.2. The third-order valence-electron chi connectivity index (χ3n) is 5.93. The van der Waals surface area contributed by atoms with Crippen LogP contribution in [0.25, 0.3) is 11.0 Å². The molecule has 4 rings (SSSR count). The number of fused-ring (bicyclic) bond motifs is 1. The van der Waals surface area contributed by atoms with Gasteiger partial charge in [-0.25, -0.2) is 4.98 Å². The number of hydrogen-bond donors (Lipinski definition) is 0. The van der Waals surface area contributed by atoms with Crippen LogP contribution in [-0.2, 0) is 20.6 Å². The first-order chi connectivity index (χ1) is 12.4. The van der Waals surface area contributed by atoms with Crippen LogP contribution in [0, 0.1) is 0 Å². The van der Waals surface area contributed by atoms with Gasteiger partial charge in [0.2, 0.25) is 0 Å². The van der Waals surface area contributed by atoms with Gasteiger partial charge in [-0.3, -0.25) is 4.90 Å². The molecule has 2 fully saturated rings. The number of morpholine rings is 1. The molecule has 0 unspecified atom stereocenters. The molecular formula is C19H28BN3O3. The van der Waals surface area contributed by atoms with Crippen LogP contribution in [0.4, 0.5) is 0 Å². The van der Waals surface area contributed by atoms with Gasteiger partial charge in [-0.05, 0) is 45.3 Å². The molecule has 0 N–H and O–H groups in total. The quantitative estimate of drug-likeness (QED) is 0.779. The number of imidazole rings is 1. The molecule has 7 heteroatoms. The summed E-state index contributed by atoms with van der Waals surface area (Å²) in [5.74, 6) is 0. The van der Waals surface area contributed by atoms with E-state index in [-0.39, 0.29) is 18.3 Å². The summed E-state index contributed by atoms with van der Waals surface area (Å²) < 4.78 is 19.9. The molecule has 26 heavy (non-hydrogen) atoms. The Morgan fingerprint density at radius 3 is 2.42 bits per heavy atom. The second-order valence-electron chi connectivity index (χ2n) is 8.23. The SMILES string of the molecule is CC1(C)OB(c2ccc3c(c2)ncn3CCN2CCOCC2)OC1(C)C. The molecule has 140 valence electrons. The molecule has 0 aliphatic carbocycles. The van der Waals surface area contributed by atoms with Crippen molar-refractivity contribution in [2.75, 3.05) is 32.8 Å². The standard InChI is InChI=1S/C19H28BN3O3/c1-18(2)19(3,4)26-20(25-18)15-5-6-17-16(13-15)21-14-23(17)8-7-22-9-11-24-12-10-22/h5-6,13-14H,7-12H2,1-4H3. The fourth-order valence-electron chi connectivity index (χ4n) is 3.46.